The lowest BCUT2D eigenvalue weighted by molar-refractivity contribution is -0.133. The Balaban J connectivity index is 1.77. The molecular formula is C22H34O. The molecule has 0 heterocycles. The third-order valence-electron chi connectivity index (χ3n) is 9.03. The van der Waals surface area contributed by atoms with Gasteiger partial charge in [0.05, 0.1) is 0 Å². The lowest BCUT2D eigenvalue weighted by Gasteiger charge is -2.60. The second-order valence-electron chi connectivity index (χ2n) is 9.91. The molecule has 0 radical (unpaired) electrons. The van der Waals surface area contributed by atoms with Crippen molar-refractivity contribution in [3.63, 3.8) is 0 Å². The highest BCUT2D eigenvalue weighted by molar-refractivity contribution is 5.87. The van der Waals surface area contributed by atoms with Gasteiger partial charge in [0, 0.05) is 11.8 Å². The molecule has 23 heavy (non-hydrogen) atoms. The van der Waals surface area contributed by atoms with Crippen LogP contribution in [0, 0.1) is 46.3 Å². The molecule has 4 aliphatic rings. The van der Waals surface area contributed by atoms with Gasteiger partial charge in [0.1, 0.15) is 5.78 Å². The Morgan fingerprint density at radius 2 is 1.61 bits per heavy atom. The van der Waals surface area contributed by atoms with Crippen molar-refractivity contribution in [3.8, 4) is 0 Å². The van der Waals surface area contributed by atoms with E-state index in [1.807, 2.05) is 0 Å². The molecule has 4 aliphatic carbocycles. The molecule has 0 saturated heterocycles. The third kappa shape index (κ3) is 1.94. The van der Waals surface area contributed by atoms with Crippen molar-refractivity contribution < 1.29 is 4.79 Å². The first-order valence-electron chi connectivity index (χ1n) is 10.0. The van der Waals surface area contributed by atoms with E-state index in [-0.39, 0.29) is 5.41 Å². The average Bonchev–Trinajstić information content (AvgIpc) is 2.82. The number of Topliss-reactive ketones (excluding diaryl/α,β-unsaturated/α-hetero) is 1. The van der Waals surface area contributed by atoms with Gasteiger partial charge in [-0.25, -0.2) is 0 Å². The van der Waals surface area contributed by atoms with Crippen LogP contribution in [-0.4, -0.2) is 5.78 Å². The van der Waals surface area contributed by atoms with E-state index in [0.29, 0.717) is 23.0 Å². The summed E-state index contributed by atoms with van der Waals surface area (Å²) in [7, 11) is 0. The van der Waals surface area contributed by atoms with Crippen molar-refractivity contribution >= 4 is 5.78 Å². The zero-order valence-corrected chi connectivity index (χ0v) is 15.7. The fourth-order valence-electron chi connectivity index (χ4n) is 7.33. The first kappa shape index (κ1) is 15.9. The standard InChI is InChI=1S/C22H34O/c1-13-8-10-21(4)17-9-11-22(5)16(6-7-19(22)23)20(17)14(2)12-18(21)15(13)3/h12-17,20H,6-11H2,1-5H3/t13?,14?,15?,16-,17+,20-,21+,22-/m0/s1. The lowest BCUT2D eigenvalue weighted by atomic mass is 9.44. The van der Waals surface area contributed by atoms with E-state index in [0.717, 1.165) is 42.9 Å². The van der Waals surface area contributed by atoms with Crippen LogP contribution in [0.5, 0.6) is 0 Å². The molecule has 0 N–H and O–H groups in total. The molecule has 3 fully saturated rings. The van der Waals surface area contributed by atoms with Crippen molar-refractivity contribution in [3.05, 3.63) is 11.6 Å². The monoisotopic (exact) mass is 314 g/mol. The molecule has 8 atom stereocenters. The zero-order chi connectivity index (χ0) is 16.6. The van der Waals surface area contributed by atoms with Crippen LogP contribution in [0.25, 0.3) is 0 Å². The Bertz CT molecular complexity index is 560. The normalized spacial score (nSPS) is 55.7. The Morgan fingerprint density at radius 1 is 0.957 bits per heavy atom. The van der Waals surface area contributed by atoms with E-state index in [1.54, 1.807) is 5.57 Å². The van der Waals surface area contributed by atoms with Crippen LogP contribution in [-0.2, 0) is 4.79 Å². The molecule has 4 rings (SSSR count). The molecule has 0 aromatic carbocycles. The maximum absolute atomic E-state index is 12.6. The summed E-state index contributed by atoms with van der Waals surface area (Å²) in [6.07, 6.45) is 9.85. The number of hydrogen-bond acceptors (Lipinski definition) is 1. The Labute approximate surface area is 142 Å². The molecule has 0 amide bonds. The highest BCUT2D eigenvalue weighted by atomic mass is 16.1. The summed E-state index contributed by atoms with van der Waals surface area (Å²) in [5, 5.41) is 0. The van der Waals surface area contributed by atoms with Crippen LogP contribution in [0.4, 0.5) is 0 Å². The Morgan fingerprint density at radius 3 is 2.35 bits per heavy atom. The van der Waals surface area contributed by atoms with Gasteiger partial charge in [0.2, 0.25) is 0 Å². The van der Waals surface area contributed by atoms with Gasteiger partial charge in [-0.15, -0.1) is 0 Å². The quantitative estimate of drug-likeness (QED) is 0.528. The first-order chi connectivity index (χ1) is 10.8. The van der Waals surface area contributed by atoms with Crippen molar-refractivity contribution in [2.45, 2.75) is 73.1 Å². The van der Waals surface area contributed by atoms with Crippen molar-refractivity contribution in [1.29, 1.82) is 0 Å². The van der Waals surface area contributed by atoms with Crippen LogP contribution < -0.4 is 0 Å². The predicted molar refractivity (Wildman–Crippen MR) is 95.0 cm³/mol. The molecule has 0 aromatic rings. The first-order valence-corrected chi connectivity index (χ1v) is 10.0. The fraction of sp³-hybridized carbons (Fsp3) is 0.864. The number of ketones is 1. The van der Waals surface area contributed by atoms with Gasteiger partial charge in [-0.2, -0.15) is 0 Å². The van der Waals surface area contributed by atoms with Crippen LogP contribution in [0.1, 0.15) is 73.1 Å². The minimum Gasteiger partial charge on any atom is -0.299 e. The summed E-state index contributed by atoms with van der Waals surface area (Å²) in [6.45, 7) is 12.2. The summed E-state index contributed by atoms with van der Waals surface area (Å²) >= 11 is 0. The summed E-state index contributed by atoms with van der Waals surface area (Å²) in [4.78, 5) is 12.6. The average molecular weight is 315 g/mol. The number of carbonyl (C=O) groups is 1. The topological polar surface area (TPSA) is 17.1 Å². The molecule has 128 valence electrons. The van der Waals surface area contributed by atoms with Crippen LogP contribution in [0.2, 0.25) is 0 Å². The van der Waals surface area contributed by atoms with Crippen molar-refractivity contribution in [2.75, 3.05) is 0 Å². The van der Waals surface area contributed by atoms with Crippen LogP contribution in [0.3, 0.4) is 0 Å². The van der Waals surface area contributed by atoms with Gasteiger partial charge in [-0.1, -0.05) is 46.3 Å². The van der Waals surface area contributed by atoms with E-state index >= 15 is 0 Å². The Hall–Kier alpha value is -0.590. The number of rotatable bonds is 0. The van der Waals surface area contributed by atoms with Gasteiger partial charge in [-0.05, 0) is 73.0 Å². The number of carbonyl (C=O) groups excluding carboxylic acids is 1. The van der Waals surface area contributed by atoms with E-state index in [4.69, 9.17) is 0 Å². The number of fused-ring (bicyclic) bond motifs is 5. The van der Waals surface area contributed by atoms with Gasteiger partial charge >= 0.3 is 0 Å². The molecular weight excluding hydrogens is 280 g/mol. The highest BCUT2D eigenvalue weighted by Gasteiger charge is 2.60. The second-order valence-corrected chi connectivity index (χ2v) is 9.91. The van der Waals surface area contributed by atoms with E-state index < -0.39 is 0 Å². The van der Waals surface area contributed by atoms with Crippen molar-refractivity contribution in [1.82, 2.24) is 0 Å². The minimum atomic E-state index is 0.00467. The van der Waals surface area contributed by atoms with Gasteiger partial charge < -0.3 is 0 Å². The maximum atomic E-state index is 12.6. The zero-order valence-electron chi connectivity index (χ0n) is 15.7. The Kier molecular flexibility index (Phi) is 3.43. The number of hydrogen-bond donors (Lipinski definition) is 0. The SMILES string of the molecule is CC1CC[C@@]2(C)C(=CC(C)[C@@H]3[C@H]2CC[C@]2(C)C(=O)CC[C@@H]32)C1C. The molecule has 3 saturated carbocycles. The second kappa shape index (κ2) is 4.96. The minimum absolute atomic E-state index is 0.00467. The summed E-state index contributed by atoms with van der Waals surface area (Å²) < 4.78 is 0. The highest BCUT2D eigenvalue weighted by Crippen LogP contribution is 2.66. The largest absolute Gasteiger partial charge is 0.299 e. The molecule has 0 bridgehead atoms. The molecule has 1 heteroatoms. The molecule has 0 aromatic heterocycles. The van der Waals surface area contributed by atoms with Gasteiger partial charge in [-0.3, -0.25) is 4.79 Å². The van der Waals surface area contributed by atoms with Crippen molar-refractivity contribution in [2.24, 2.45) is 46.3 Å². The third-order valence-corrected chi connectivity index (χ3v) is 9.03. The lowest BCUT2D eigenvalue weighted by Crippen LogP contribution is -2.53. The molecule has 1 nitrogen and oxygen atoms in total. The maximum Gasteiger partial charge on any atom is 0.139 e. The van der Waals surface area contributed by atoms with E-state index in [9.17, 15) is 4.79 Å². The van der Waals surface area contributed by atoms with Crippen LogP contribution in [0.15, 0.2) is 11.6 Å². The number of allylic oxidation sites excluding steroid dienone is 2. The summed E-state index contributed by atoms with van der Waals surface area (Å²) in [5.74, 6) is 5.01. The summed E-state index contributed by atoms with van der Waals surface area (Å²) in [6, 6.07) is 0. The molecule has 0 aliphatic heterocycles. The van der Waals surface area contributed by atoms with Crippen LogP contribution >= 0.6 is 0 Å². The van der Waals surface area contributed by atoms with E-state index in [2.05, 4.69) is 40.7 Å². The smallest absolute Gasteiger partial charge is 0.139 e. The van der Waals surface area contributed by atoms with Gasteiger partial charge in [0.25, 0.3) is 0 Å². The molecule has 3 unspecified atom stereocenters. The van der Waals surface area contributed by atoms with E-state index in [1.165, 1.54) is 19.3 Å². The van der Waals surface area contributed by atoms with Gasteiger partial charge in [0.15, 0.2) is 0 Å². The predicted octanol–water partition coefficient (Wildman–Crippen LogP) is 5.65. The summed E-state index contributed by atoms with van der Waals surface area (Å²) in [5.41, 5.74) is 2.19. The molecule has 0 spiro atoms. The fourth-order valence-corrected chi connectivity index (χ4v) is 7.33.